The van der Waals surface area contributed by atoms with Crippen LogP contribution in [0, 0.1) is 18.3 Å². The molecule has 0 bridgehead atoms. The Bertz CT molecular complexity index is 845. The number of hydrogen-bond donors (Lipinski definition) is 3. The van der Waals surface area contributed by atoms with Gasteiger partial charge < -0.3 is 20.9 Å². The summed E-state index contributed by atoms with van der Waals surface area (Å²) in [6.45, 7) is 4.13. The SMILES string of the molecule is C#Cc1cccc(NC(=O)CN=C(NCC)NC2CCN(C(=O)C3CCCCC3)C2)c1.I. The highest BCUT2D eigenvalue weighted by molar-refractivity contribution is 14.0. The third-order valence-corrected chi connectivity index (χ3v) is 5.83. The van der Waals surface area contributed by atoms with E-state index in [9.17, 15) is 9.59 Å². The van der Waals surface area contributed by atoms with Gasteiger partial charge in [0.05, 0.1) is 0 Å². The van der Waals surface area contributed by atoms with Gasteiger partial charge in [0.2, 0.25) is 11.8 Å². The van der Waals surface area contributed by atoms with E-state index in [1.54, 1.807) is 18.2 Å². The first-order valence-corrected chi connectivity index (χ1v) is 11.3. The molecule has 0 spiro atoms. The van der Waals surface area contributed by atoms with E-state index in [4.69, 9.17) is 6.42 Å². The van der Waals surface area contributed by atoms with Crippen LogP contribution >= 0.6 is 24.0 Å². The normalized spacial score (nSPS) is 18.9. The summed E-state index contributed by atoms with van der Waals surface area (Å²) in [5.41, 5.74) is 1.37. The summed E-state index contributed by atoms with van der Waals surface area (Å²) in [7, 11) is 0. The van der Waals surface area contributed by atoms with Crippen molar-refractivity contribution in [3.63, 3.8) is 0 Å². The topological polar surface area (TPSA) is 85.8 Å². The highest BCUT2D eigenvalue weighted by atomic mass is 127. The smallest absolute Gasteiger partial charge is 0.246 e. The zero-order valence-corrected chi connectivity index (χ0v) is 21.1. The lowest BCUT2D eigenvalue weighted by Gasteiger charge is -2.26. The quantitative estimate of drug-likeness (QED) is 0.220. The number of halogens is 1. The Balaban J connectivity index is 0.00000363. The molecule has 1 aromatic rings. The molecule has 1 unspecified atom stereocenters. The first kappa shape index (κ1) is 26.0. The van der Waals surface area contributed by atoms with Crippen molar-refractivity contribution in [2.45, 2.75) is 51.5 Å². The van der Waals surface area contributed by atoms with E-state index in [-0.39, 0.29) is 48.4 Å². The maximum Gasteiger partial charge on any atom is 0.246 e. The van der Waals surface area contributed by atoms with Crippen molar-refractivity contribution in [1.82, 2.24) is 15.5 Å². The molecule has 1 heterocycles. The van der Waals surface area contributed by atoms with E-state index in [2.05, 4.69) is 26.9 Å². The van der Waals surface area contributed by atoms with Gasteiger partial charge in [-0.3, -0.25) is 9.59 Å². The molecule has 1 saturated carbocycles. The van der Waals surface area contributed by atoms with Crippen LogP contribution in [0.3, 0.4) is 0 Å². The van der Waals surface area contributed by atoms with Crippen molar-refractivity contribution in [3.05, 3.63) is 29.8 Å². The first-order valence-electron chi connectivity index (χ1n) is 11.3. The number of nitrogens with zero attached hydrogens (tertiary/aromatic N) is 2. The zero-order valence-electron chi connectivity index (χ0n) is 18.7. The van der Waals surface area contributed by atoms with Crippen LogP contribution in [0.2, 0.25) is 0 Å². The van der Waals surface area contributed by atoms with Crippen LogP contribution < -0.4 is 16.0 Å². The molecular formula is C24H34IN5O2. The molecule has 1 saturated heterocycles. The maximum absolute atomic E-state index is 12.8. The van der Waals surface area contributed by atoms with Gasteiger partial charge in [0.1, 0.15) is 6.54 Å². The number of nitrogens with one attached hydrogen (secondary N) is 3. The Kier molecular flexibility index (Phi) is 10.8. The van der Waals surface area contributed by atoms with Gasteiger partial charge in [-0.2, -0.15) is 0 Å². The second-order valence-electron chi connectivity index (χ2n) is 8.22. The third-order valence-electron chi connectivity index (χ3n) is 5.83. The highest BCUT2D eigenvalue weighted by Crippen LogP contribution is 2.26. The Labute approximate surface area is 208 Å². The molecule has 2 aliphatic rings. The standard InChI is InChI=1S/C24H33N5O2.HI/c1-3-18-9-8-12-20(15-18)27-22(30)16-26-24(25-4-2)28-21-13-14-29(17-21)23(31)19-10-6-5-7-11-19;/h1,8-9,12,15,19,21H,4-7,10-11,13-14,16-17H2,2H3,(H,27,30)(H2,25,26,28);1H. The number of terminal acetylenes is 1. The van der Waals surface area contributed by atoms with Crippen molar-refractivity contribution >= 4 is 47.4 Å². The molecule has 0 aromatic heterocycles. The van der Waals surface area contributed by atoms with Crippen molar-refractivity contribution < 1.29 is 9.59 Å². The van der Waals surface area contributed by atoms with E-state index in [0.29, 0.717) is 36.2 Å². The number of carbonyl (C=O) groups is 2. The minimum atomic E-state index is -0.216. The monoisotopic (exact) mass is 551 g/mol. The van der Waals surface area contributed by atoms with E-state index in [1.807, 2.05) is 17.9 Å². The number of rotatable bonds is 6. The molecule has 0 radical (unpaired) electrons. The van der Waals surface area contributed by atoms with Crippen LogP contribution in [0.15, 0.2) is 29.3 Å². The zero-order chi connectivity index (χ0) is 22.1. The fourth-order valence-electron chi connectivity index (χ4n) is 4.24. The Morgan fingerprint density at radius 1 is 1.22 bits per heavy atom. The maximum atomic E-state index is 12.8. The van der Waals surface area contributed by atoms with Crippen LogP contribution in [-0.2, 0) is 9.59 Å². The lowest BCUT2D eigenvalue weighted by molar-refractivity contribution is -0.135. The van der Waals surface area contributed by atoms with E-state index in [1.165, 1.54) is 6.42 Å². The van der Waals surface area contributed by atoms with Crippen LogP contribution in [-0.4, -0.2) is 54.9 Å². The fourth-order valence-corrected chi connectivity index (χ4v) is 4.24. The Morgan fingerprint density at radius 2 is 2.00 bits per heavy atom. The van der Waals surface area contributed by atoms with Crippen molar-refractivity contribution in [1.29, 1.82) is 0 Å². The molecule has 3 rings (SSSR count). The number of anilines is 1. The second kappa shape index (κ2) is 13.3. The predicted octanol–water partition coefficient (Wildman–Crippen LogP) is 2.96. The van der Waals surface area contributed by atoms with E-state index >= 15 is 0 Å². The largest absolute Gasteiger partial charge is 0.357 e. The van der Waals surface area contributed by atoms with Gasteiger partial charge >= 0.3 is 0 Å². The van der Waals surface area contributed by atoms with Crippen LogP contribution in [0.25, 0.3) is 0 Å². The average molecular weight is 551 g/mol. The molecule has 32 heavy (non-hydrogen) atoms. The molecule has 7 nitrogen and oxygen atoms in total. The molecule has 1 aliphatic carbocycles. The number of amides is 2. The molecule has 174 valence electrons. The molecule has 3 N–H and O–H groups in total. The van der Waals surface area contributed by atoms with Crippen LogP contribution in [0.4, 0.5) is 5.69 Å². The molecule has 8 heteroatoms. The molecule has 2 fully saturated rings. The first-order chi connectivity index (χ1) is 15.1. The van der Waals surface area contributed by atoms with Gasteiger partial charge in [0.15, 0.2) is 5.96 Å². The third kappa shape index (κ3) is 7.69. The van der Waals surface area contributed by atoms with E-state index < -0.39 is 0 Å². The minimum Gasteiger partial charge on any atom is -0.357 e. The number of guanidine groups is 1. The number of likely N-dealkylation sites (tertiary alicyclic amines) is 1. The predicted molar refractivity (Wildman–Crippen MR) is 139 cm³/mol. The molecular weight excluding hydrogens is 517 g/mol. The Morgan fingerprint density at radius 3 is 2.72 bits per heavy atom. The molecule has 1 atom stereocenters. The molecule has 1 aliphatic heterocycles. The average Bonchev–Trinajstić information content (AvgIpc) is 3.26. The van der Waals surface area contributed by atoms with Gasteiger partial charge in [-0.15, -0.1) is 30.4 Å². The summed E-state index contributed by atoms with van der Waals surface area (Å²) in [5.74, 6) is 3.43. The summed E-state index contributed by atoms with van der Waals surface area (Å²) in [6.07, 6.45) is 11.9. The van der Waals surface area contributed by atoms with Crippen molar-refractivity contribution in [3.8, 4) is 12.3 Å². The van der Waals surface area contributed by atoms with Crippen molar-refractivity contribution in [2.75, 3.05) is 31.5 Å². The lowest BCUT2D eigenvalue weighted by Crippen LogP contribution is -2.46. The minimum absolute atomic E-state index is 0. The number of hydrogen-bond acceptors (Lipinski definition) is 3. The Hall–Kier alpha value is -2.28. The number of carbonyl (C=O) groups excluding carboxylic acids is 2. The van der Waals surface area contributed by atoms with E-state index in [0.717, 1.165) is 38.6 Å². The van der Waals surface area contributed by atoms with Gasteiger partial charge in [0, 0.05) is 42.8 Å². The van der Waals surface area contributed by atoms with Crippen molar-refractivity contribution in [2.24, 2.45) is 10.9 Å². The summed E-state index contributed by atoms with van der Waals surface area (Å²) in [4.78, 5) is 31.5. The van der Waals surface area contributed by atoms with Gasteiger partial charge in [0.25, 0.3) is 0 Å². The van der Waals surface area contributed by atoms with Gasteiger partial charge in [-0.05, 0) is 44.4 Å². The number of aliphatic imine (C=N–C) groups is 1. The molecule has 1 aromatic carbocycles. The lowest BCUT2D eigenvalue weighted by atomic mass is 9.88. The molecule has 2 amide bonds. The summed E-state index contributed by atoms with van der Waals surface area (Å²) in [5, 5.41) is 9.38. The summed E-state index contributed by atoms with van der Waals surface area (Å²) < 4.78 is 0. The fraction of sp³-hybridized carbons (Fsp3) is 0.542. The van der Waals surface area contributed by atoms with Gasteiger partial charge in [-0.25, -0.2) is 4.99 Å². The second-order valence-corrected chi connectivity index (χ2v) is 8.22. The van der Waals surface area contributed by atoms with Crippen LogP contribution in [0.1, 0.15) is 51.0 Å². The van der Waals surface area contributed by atoms with Crippen LogP contribution in [0.5, 0.6) is 0 Å². The number of benzene rings is 1. The highest BCUT2D eigenvalue weighted by Gasteiger charge is 2.31. The summed E-state index contributed by atoms with van der Waals surface area (Å²) in [6, 6.07) is 7.30. The van der Waals surface area contributed by atoms with Gasteiger partial charge in [-0.1, -0.05) is 31.2 Å². The summed E-state index contributed by atoms with van der Waals surface area (Å²) >= 11 is 0.